The van der Waals surface area contributed by atoms with Gasteiger partial charge in [0.25, 0.3) is 0 Å². The van der Waals surface area contributed by atoms with E-state index in [4.69, 9.17) is 4.74 Å². The first-order valence-electron chi connectivity index (χ1n) is 5.70. The molecule has 1 aromatic carbocycles. The number of alkyl halides is 1. The first-order chi connectivity index (χ1) is 7.68. The molecule has 1 nitrogen and oxygen atoms in total. The Labute approximate surface area is 118 Å². The summed E-state index contributed by atoms with van der Waals surface area (Å²) in [6.45, 7) is 0. The van der Waals surface area contributed by atoms with Gasteiger partial charge in [0.05, 0.1) is 11.2 Å². The molecule has 2 heterocycles. The molecule has 0 saturated carbocycles. The Morgan fingerprint density at radius 3 is 2.25 bits per heavy atom. The summed E-state index contributed by atoms with van der Waals surface area (Å²) in [6.07, 6.45) is 4.84. The summed E-state index contributed by atoms with van der Waals surface area (Å²) in [4.78, 5) is 0. The van der Waals surface area contributed by atoms with Gasteiger partial charge in [0.2, 0.25) is 0 Å². The van der Waals surface area contributed by atoms with Crippen molar-refractivity contribution in [3.8, 4) is 0 Å². The lowest BCUT2D eigenvalue weighted by atomic mass is 9.79. The largest absolute Gasteiger partial charge is 0.363 e. The average Bonchev–Trinajstić information content (AvgIpc) is 2.87. The minimum absolute atomic E-state index is 0.0336. The van der Waals surface area contributed by atoms with Crippen LogP contribution in [0.25, 0.3) is 0 Å². The Bertz CT molecular complexity index is 393. The second-order valence-corrected chi connectivity index (χ2v) is 6.60. The fraction of sp³-hybridized carbons (Fsp3) is 0.538. The van der Waals surface area contributed by atoms with Crippen LogP contribution in [0.4, 0.5) is 0 Å². The number of ether oxygens (including phenoxy) is 1. The summed E-state index contributed by atoms with van der Waals surface area (Å²) in [5, 5.41) is 0. The Hall–Kier alpha value is 0.390. The number of fused-ring (bicyclic) bond motifs is 2. The van der Waals surface area contributed by atoms with Gasteiger partial charge in [0.15, 0.2) is 0 Å². The van der Waals surface area contributed by atoms with Crippen molar-refractivity contribution < 1.29 is 4.74 Å². The topological polar surface area (TPSA) is 9.23 Å². The number of hydrogen-bond donors (Lipinski definition) is 0. The zero-order valence-corrected chi connectivity index (χ0v) is 12.8. The van der Waals surface area contributed by atoms with Crippen LogP contribution in [-0.2, 0) is 10.3 Å². The van der Waals surface area contributed by atoms with Gasteiger partial charge >= 0.3 is 0 Å². The van der Waals surface area contributed by atoms with Crippen molar-refractivity contribution in [1.29, 1.82) is 0 Å². The second kappa shape index (κ2) is 3.95. The zero-order chi connectivity index (χ0) is 11.2. The first-order valence-corrected chi connectivity index (χ1v) is 8.02. The van der Waals surface area contributed by atoms with E-state index in [2.05, 4.69) is 62.8 Å². The third-order valence-corrected chi connectivity index (χ3v) is 5.91. The van der Waals surface area contributed by atoms with Crippen LogP contribution in [0.15, 0.2) is 28.7 Å². The highest BCUT2D eigenvalue weighted by molar-refractivity contribution is 14.1. The predicted octanol–water partition coefficient (Wildman–Crippen LogP) is 4.42. The monoisotopic (exact) mass is 392 g/mol. The highest BCUT2D eigenvalue weighted by atomic mass is 127. The molecule has 0 radical (unpaired) electrons. The standard InChI is InChI=1S/C13H14BrIO/c14-11-3-1-10(2-4-11)13-7-5-12(9-15,16-13)6-8-13/h1-4H,5-9H2. The van der Waals surface area contributed by atoms with Crippen LogP contribution in [0.5, 0.6) is 0 Å². The molecule has 2 fully saturated rings. The van der Waals surface area contributed by atoms with Crippen LogP contribution >= 0.6 is 38.5 Å². The SMILES string of the molecule is Brc1ccc(C23CCC(CI)(CC2)O3)cc1. The van der Waals surface area contributed by atoms with Gasteiger partial charge in [-0.25, -0.2) is 0 Å². The quantitative estimate of drug-likeness (QED) is 0.534. The van der Waals surface area contributed by atoms with Gasteiger partial charge in [-0.15, -0.1) is 0 Å². The molecule has 0 unspecified atom stereocenters. The summed E-state index contributed by atoms with van der Waals surface area (Å²) in [7, 11) is 0. The van der Waals surface area contributed by atoms with Gasteiger partial charge in [-0.1, -0.05) is 50.7 Å². The van der Waals surface area contributed by atoms with Crippen molar-refractivity contribution in [2.45, 2.75) is 36.9 Å². The van der Waals surface area contributed by atoms with Gasteiger partial charge < -0.3 is 4.74 Å². The molecule has 1 aromatic rings. The molecule has 16 heavy (non-hydrogen) atoms. The molecule has 0 amide bonds. The molecule has 2 bridgehead atoms. The molecular weight excluding hydrogens is 379 g/mol. The van der Waals surface area contributed by atoms with Gasteiger partial charge in [-0.3, -0.25) is 0 Å². The Morgan fingerprint density at radius 1 is 1.12 bits per heavy atom. The summed E-state index contributed by atoms with van der Waals surface area (Å²) < 4.78 is 8.67. The smallest absolute Gasteiger partial charge is 0.0941 e. The molecule has 86 valence electrons. The molecule has 0 N–H and O–H groups in total. The van der Waals surface area contributed by atoms with Crippen LogP contribution in [0.3, 0.4) is 0 Å². The summed E-state index contributed by atoms with van der Waals surface area (Å²) in [5.74, 6) is 0. The molecule has 2 aliphatic heterocycles. The molecular formula is C13H14BrIO. The highest BCUT2D eigenvalue weighted by Crippen LogP contribution is 2.56. The molecule has 0 spiro atoms. The van der Waals surface area contributed by atoms with Crippen LogP contribution in [-0.4, -0.2) is 10.0 Å². The van der Waals surface area contributed by atoms with Crippen LogP contribution in [0.2, 0.25) is 0 Å². The Kier molecular flexibility index (Phi) is 2.84. The van der Waals surface area contributed by atoms with Gasteiger partial charge in [0, 0.05) is 8.90 Å². The third kappa shape index (κ3) is 1.66. The number of halogens is 2. The molecule has 3 rings (SSSR count). The van der Waals surface area contributed by atoms with Crippen molar-refractivity contribution in [2.24, 2.45) is 0 Å². The van der Waals surface area contributed by atoms with E-state index >= 15 is 0 Å². The molecule has 0 atom stereocenters. The minimum Gasteiger partial charge on any atom is -0.363 e. The van der Waals surface area contributed by atoms with E-state index in [0.29, 0.717) is 0 Å². The van der Waals surface area contributed by atoms with Crippen molar-refractivity contribution in [3.05, 3.63) is 34.3 Å². The fourth-order valence-corrected chi connectivity index (χ4v) is 4.17. The number of rotatable bonds is 2. The number of benzene rings is 1. The Balaban J connectivity index is 1.94. The lowest BCUT2D eigenvalue weighted by Crippen LogP contribution is -2.26. The maximum Gasteiger partial charge on any atom is 0.0941 e. The zero-order valence-electron chi connectivity index (χ0n) is 9.01. The van der Waals surface area contributed by atoms with E-state index in [1.165, 1.54) is 31.2 Å². The van der Waals surface area contributed by atoms with E-state index in [1.54, 1.807) is 0 Å². The van der Waals surface area contributed by atoms with Crippen molar-refractivity contribution in [3.63, 3.8) is 0 Å². The number of hydrogen-bond acceptors (Lipinski definition) is 1. The normalized spacial score (nSPS) is 36.9. The van der Waals surface area contributed by atoms with Crippen LogP contribution < -0.4 is 0 Å². The minimum atomic E-state index is 0.0336. The maximum absolute atomic E-state index is 6.40. The van der Waals surface area contributed by atoms with Crippen molar-refractivity contribution >= 4 is 38.5 Å². The summed E-state index contributed by atoms with van der Waals surface area (Å²) >= 11 is 5.95. The summed E-state index contributed by atoms with van der Waals surface area (Å²) in [6, 6.07) is 8.66. The lowest BCUT2D eigenvalue weighted by Gasteiger charge is -2.25. The first kappa shape index (κ1) is 11.5. The van der Waals surface area contributed by atoms with Crippen LogP contribution in [0, 0.1) is 0 Å². The van der Waals surface area contributed by atoms with Crippen molar-refractivity contribution in [2.75, 3.05) is 4.43 Å². The highest BCUT2D eigenvalue weighted by Gasteiger charge is 2.55. The average molecular weight is 393 g/mol. The molecule has 2 saturated heterocycles. The predicted molar refractivity (Wildman–Crippen MR) is 77.0 cm³/mol. The van der Waals surface area contributed by atoms with Gasteiger partial charge in [-0.2, -0.15) is 0 Å². The molecule has 0 aliphatic carbocycles. The Morgan fingerprint density at radius 2 is 1.75 bits per heavy atom. The van der Waals surface area contributed by atoms with E-state index < -0.39 is 0 Å². The van der Waals surface area contributed by atoms with Gasteiger partial charge in [0.1, 0.15) is 0 Å². The van der Waals surface area contributed by atoms with E-state index in [-0.39, 0.29) is 11.2 Å². The lowest BCUT2D eigenvalue weighted by molar-refractivity contribution is -0.0371. The fourth-order valence-electron chi connectivity index (χ4n) is 2.99. The van der Waals surface area contributed by atoms with E-state index in [0.717, 1.165) is 8.90 Å². The molecule has 0 aromatic heterocycles. The molecule has 2 aliphatic rings. The maximum atomic E-state index is 6.40. The van der Waals surface area contributed by atoms with Gasteiger partial charge in [-0.05, 0) is 43.4 Å². The summed E-state index contributed by atoms with van der Waals surface area (Å²) in [5.41, 5.74) is 1.58. The van der Waals surface area contributed by atoms with E-state index in [9.17, 15) is 0 Å². The van der Waals surface area contributed by atoms with Crippen LogP contribution in [0.1, 0.15) is 31.2 Å². The second-order valence-electron chi connectivity index (χ2n) is 4.92. The third-order valence-electron chi connectivity index (χ3n) is 3.99. The van der Waals surface area contributed by atoms with E-state index in [1.807, 2.05) is 0 Å². The van der Waals surface area contributed by atoms with Crippen molar-refractivity contribution in [1.82, 2.24) is 0 Å². The molecule has 3 heteroatoms.